The number of imide groups is 1. The minimum Gasteiger partial charge on any atom is -0.338 e. The molecule has 0 aromatic carbocycles. The normalized spacial score (nSPS) is 34.9. The summed E-state index contributed by atoms with van der Waals surface area (Å²) in [6.45, 7) is 4.66. The fourth-order valence-electron chi connectivity index (χ4n) is 4.33. The van der Waals surface area contributed by atoms with E-state index < -0.39 is 11.6 Å². The van der Waals surface area contributed by atoms with Gasteiger partial charge < -0.3 is 10.2 Å². The van der Waals surface area contributed by atoms with E-state index in [2.05, 4.69) is 5.32 Å². The van der Waals surface area contributed by atoms with Gasteiger partial charge in [-0.05, 0) is 44.9 Å². The molecule has 1 N–H and O–H groups in total. The standard InChI is InChI=1S/C17H27N3O3/c1-12-7-3-5-9-17(12)15(22)20(16(23)18-17)11-14(21)19-10-6-4-8-13(19)2/h12-13H,3-11H2,1-2H3,(H,18,23)/t12-,13+,17+/m0/s1. The van der Waals surface area contributed by atoms with Gasteiger partial charge in [0.25, 0.3) is 5.91 Å². The molecular weight excluding hydrogens is 294 g/mol. The van der Waals surface area contributed by atoms with E-state index in [1.54, 1.807) is 0 Å². The second-order valence-corrected chi connectivity index (χ2v) is 7.37. The summed E-state index contributed by atoms with van der Waals surface area (Å²) in [5.74, 6) is -0.185. The molecule has 1 spiro atoms. The first kappa shape index (κ1) is 16.3. The zero-order chi connectivity index (χ0) is 16.6. The van der Waals surface area contributed by atoms with Gasteiger partial charge in [0.15, 0.2) is 0 Å². The Balaban J connectivity index is 1.72. The predicted octanol–water partition coefficient (Wildman–Crippen LogP) is 1.89. The van der Waals surface area contributed by atoms with Crippen molar-refractivity contribution in [3.05, 3.63) is 0 Å². The third-order valence-corrected chi connectivity index (χ3v) is 5.92. The summed E-state index contributed by atoms with van der Waals surface area (Å²) in [5, 5.41) is 2.91. The van der Waals surface area contributed by atoms with Crippen LogP contribution in [-0.4, -0.2) is 52.3 Å². The first-order valence-corrected chi connectivity index (χ1v) is 8.89. The average molecular weight is 321 g/mol. The van der Waals surface area contributed by atoms with Crippen LogP contribution in [0.25, 0.3) is 0 Å². The Morgan fingerprint density at radius 2 is 1.91 bits per heavy atom. The summed E-state index contributed by atoms with van der Waals surface area (Å²) in [6.07, 6.45) is 6.79. The molecule has 3 fully saturated rings. The highest BCUT2D eigenvalue weighted by atomic mass is 16.2. The van der Waals surface area contributed by atoms with E-state index in [1.807, 2.05) is 18.7 Å². The van der Waals surface area contributed by atoms with Gasteiger partial charge in [-0.25, -0.2) is 4.79 Å². The maximum absolute atomic E-state index is 12.9. The maximum atomic E-state index is 12.9. The fourth-order valence-corrected chi connectivity index (χ4v) is 4.33. The number of carbonyl (C=O) groups is 3. The molecule has 3 aliphatic rings. The van der Waals surface area contributed by atoms with Crippen LogP contribution >= 0.6 is 0 Å². The monoisotopic (exact) mass is 321 g/mol. The average Bonchev–Trinajstić information content (AvgIpc) is 2.76. The van der Waals surface area contributed by atoms with Gasteiger partial charge in [-0.2, -0.15) is 0 Å². The van der Waals surface area contributed by atoms with Crippen LogP contribution < -0.4 is 5.32 Å². The molecule has 0 bridgehead atoms. The summed E-state index contributed by atoms with van der Waals surface area (Å²) in [6, 6.07) is -0.207. The first-order valence-electron chi connectivity index (χ1n) is 8.89. The van der Waals surface area contributed by atoms with Crippen molar-refractivity contribution in [3.63, 3.8) is 0 Å². The number of urea groups is 1. The van der Waals surface area contributed by atoms with Crippen LogP contribution in [0.3, 0.4) is 0 Å². The van der Waals surface area contributed by atoms with Crippen molar-refractivity contribution in [3.8, 4) is 0 Å². The summed E-state index contributed by atoms with van der Waals surface area (Å²) in [7, 11) is 0. The molecule has 128 valence electrons. The number of hydrogen-bond acceptors (Lipinski definition) is 3. The molecule has 3 atom stereocenters. The van der Waals surface area contributed by atoms with Gasteiger partial charge in [0, 0.05) is 12.6 Å². The van der Waals surface area contributed by atoms with Gasteiger partial charge in [-0.15, -0.1) is 0 Å². The summed E-state index contributed by atoms with van der Waals surface area (Å²) in [4.78, 5) is 40.7. The molecule has 0 aromatic heterocycles. The van der Waals surface area contributed by atoms with Crippen molar-refractivity contribution in [2.75, 3.05) is 13.1 Å². The van der Waals surface area contributed by atoms with Crippen LogP contribution in [-0.2, 0) is 9.59 Å². The topological polar surface area (TPSA) is 69.7 Å². The van der Waals surface area contributed by atoms with Crippen molar-refractivity contribution >= 4 is 17.8 Å². The van der Waals surface area contributed by atoms with E-state index in [1.165, 1.54) is 0 Å². The van der Waals surface area contributed by atoms with Gasteiger partial charge in [0.05, 0.1) is 0 Å². The molecule has 2 aliphatic heterocycles. The lowest BCUT2D eigenvalue weighted by molar-refractivity contribution is -0.142. The molecule has 2 heterocycles. The minimum absolute atomic E-state index is 0.110. The van der Waals surface area contributed by atoms with Crippen molar-refractivity contribution in [1.82, 2.24) is 15.1 Å². The summed E-state index contributed by atoms with van der Waals surface area (Å²) in [5.41, 5.74) is -0.775. The van der Waals surface area contributed by atoms with Crippen LogP contribution in [0.1, 0.15) is 58.8 Å². The zero-order valence-corrected chi connectivity index (χ0v) is 14.1. The Kier molecular flexibility index (Phi) is 4.34. The second-order valence-electron chi connectivity index (χ2n) is 7.37. The number of likely N-dealkylation sites (tertiary alicyclic amines) is 1. The van der Waals surface area contributed by atoms with Crippen molar-refractivity contribution < 1.29 is 14.4 Å². The van der Waals surface area contributed by atoms with Crippen LogP contribution in [0.4, 0.5) is 4.79 Å². The quantitative estimate of drug-likeness (QED) is 0.790. The highest BCUT2D eigenvalue weighted by molar-refractivity contribution is 6.09. The molecule has 0 unspecified atom stereocenters. The molecule has 1 aliphatic carbocycles. The molecule has 0 aromatic rings. The lowest BCUT2D eigenvalue weighted by Crippen LogP contribution is -2.54. The molecular formula is C17H27N3O3. The smallest absolute Gasteiger partial charge is 0.325 e. The Hall–Kier alpha value is -1.59. The summed E-state index contributed by atoms with van der Waals surface area (Å²) < 4.78 is 0. The lowest BCUT2D eigenvalue weighted by atomic mass is 9.73. The van der Waals surface area contributed by atoms with E-state index in [0.29, 0.717) is 6.42 Å². The van der Waals surface area contributed by atoms with Crippen molar-refractivity contribution in [1.29, 1.82) is 0 Å². The molecule has 6 heteroatoms. The third kappa shape index (κ3) is 2.72. The largest absolute Gasteiger partial charge is 0.338 e. The van der Waals surface area contributed by atoms with Crippen molar-refractivity contribution in [2.24, 2.45) is 5.92 Å². The van der Waals surface area contributed by atoms with Crippen LogP contribution in [0.15, 0.2) is 0 Å². The predicted molar refractivity (Wildman–Crippen MR) is 85.6 cm³/mol. The highest BCUT2D eigenvalue weighted by Gasteiger charge is 2.55. The molecule has 6 nitrogen and oxygen atoms in total. The highest BCUT2D eigenvalue weighted by Crippen LogP contribution is 2.38. The van der Waals surface area contributed by atoms with Crippen molar-refractivity contribution in [2.45, 2.75) is 70.4 Å². The molecule has 3 rings (SSSR count). The molecule has 1 saturated carbocycles. The van der Waals surface area contributed by atoms with E-state index >= 15 is 0 Å². The lowest BCUT2D eigenvalue weighted by Gasteiger charge is -2.37. The van der Waals surface area contributed by atoms with E-state index in [9.17, 15) is 14.4 Å². The second kappa shape index (κ2) is 6.13. The molecule has 2 saturated heterocycles. The maximum Gasteiger partial charge on any atom is 0.325 e. The SMILES string of the molecule is C[C@@H]1CCCCN1C(=O)CN1C(=O)N[C@@]2(CCCC[C@@H]2C)C1=O. The van der Waals surface area contributed by atoms with Gasteiger partial charge in [0.2, 0.25) is 5.91 Å². The Labute approximate surface area is 137 Å². The van der Waals surface area contributed by atoms with Gasteiger partial charge in [-0.1, -0.05) is 19.8 Å². The Bertz CT molecular complexity index is 521. The molecule has 4 amide bonds. The minimum atomic E-state index is -0.775. The summed E-state index contributed by atoms with van der Waals surface area (Å²) >= 11 is 0. The third-order valence-electron chi connectivity index (χ3n) is 5.92. The zero-order valence-electron chi connectivity index (χ0n) is 14.1. The number of hydrogen-bond donors (Lipinski definition) is 1. The number of nitrogens with one attached hydrogen (secondary N) is 1. The van der Waals surface area contributed by atoms with Crippen LogP contribution in [0.2, 0.25) is 0 Å². The number of amides is 4. The van der Waals surface area contributed by atoms with Gasteiger partial charge >= 0.3 is 6.03 Å². The number of piperidine rings is 1. The molecule has 0 radical (unpaired) electrons. The fraction of sp³-hybridized carbons (Fsp3) is 0.824. The van der Waals surface area contributed by atoms with E-state index in [0.717, 1.165) is 50.0 Å². The van der Waals surface area contributed by atoms with Crippen LogP contribution in [0.5, 0.6) is 0 Å². The Morgan fingerprint density at radius 3 is 2.61 bits per heavy atom. The van der Waals surface area contributed by atoms with Gasteiger partial charge in [0.1, 0.15) is 12.1 Å². The molecule has 23 heavy (non-hydrogen) atoms. The van der Waals surface area contributed by atoms with E-state index in [-0.39, 0.29) is 30.3 Å². The number of nitrogens with zero attached hydrogens (tertiary/aromatic N) is 2. The number of rotatable bonds is 2. The van der Waals surface area contributed by atoms with Gasteiger partial charge in [-0.3, -0.25) is 14.5 Å². The van der Waals surface area contributed by atoms with Crippen LogP contribution in [0, 0.1) is 5.92 Å². The number of carbonyl (C=O) groups excluding carboxylic acids is 3. The van der Waals surface area contributed by atoms with E-state index in [4.69, 9.17) is 0 Å². The first-order chi connectivity index (χ1) is 11.0. The Morgan fingerprint density at radius 1 is 1.17 bits per heavy atom.